The molecule has 1 aromatic carbocycles. The van der Waals surface area contributed by atoms with E-state index in [4.69, 9.17) is 0 Å². The predicted octanol–water partition coefficient (Wildman–Crippen LogP) is 2.11. The van der Waals surface area contributed by atoms with Crippen LogP contribution in [0.25, 0.3) is 0 Å². The second kappa shape index (κ2) is 7.40. The Hall–Kier alpha value is -2.63. The van der Waals surface area contributed by atoms with Crippen LogP contribution in [0.15, 0.2) is 0 Å². The molecule has 0 fully saturated rings. The van der Waals surface area contributed by atoms with Gasteiger partial charge >= 0.3 is 11.9 Å². The van der Waals surface area contributed by atoms with Gasteiger partial charge in [-0.3, -0.25) is 0 Å². The molecule has 0 aliphatic carbocycles. The molecule has 0 heterocycles. The number of carbonyl (C=O) groups is 2. The normalized spacial score (nSPS) is 9.73. The SMILES string of the molecule is CCOC(=O)C#CCOC(=O)c1c(F)c(F)c(F)c(F)c1F. The molecule has 1 aromatic rings. The van der Waals surface area contributed by atoms with E-state index in [1.807, 2.05) is 11.8 Å². The van der Waals surface area contributed by atoms with E-state index < -0.39 is 53.2 Å². The molecule has 0 unspecified atom stereocenters. The van der Waals surface area contributed by atoms with Crippen molar-refractivity contribution >= 4 is 11.9 Å². The van der Waals surface area contributed by atoms with Crippen molar-refractivity contribution < 1.29 is 41.0 Å². The second-order valence-corrected chi connectivity index (χ2v) is 3.54. The highest BCUT2D eigenvalue weighted by Gasteiger charge is 2.30. The molecule has 0 radical (unpaired) electrons. The summed E-state index contributed by atoms with van der Waals surface area (Å²) in [5, 5.41) is 0. The molecule has 0 amide bonds. The molecule has 0 bridgehead atoms. The van der Waals surface area contributed by atoms with Gasteiger partial charge in [0, 0.05) is 5.92 Å². The summed E-state index contributed by atoms with van der Waals surface area (Å²) >= 11 is 0. The summed E-state index contributed by atoms with van der Waals surface area (Å²) in [7, 11) is 0. The molecule has 0 aliphatic heterocycles. The summed E-state index contributed by atoms with van der Waals surface area (Å²) in [5.74, 6) is -10.5. The Morgan fingerprint density at radius 2 is 1.41 bits per heavy atom. The number of benzene rings is 1. The maximum absolute atomic E-state index is 13.3. The molecule has 22 heavy (non-hydrogen) atoms. The zero-order valence-corrected chi connectivity index (χ0v) is 10.9. The minimum absolute atomic E-state index is 0.0534. The third-order valence-corrected chi connectivity index (χ3v) is 2.16. The second-order valence-electron chi connectivity index (χ2n) is 3.54. The van der Waals surface area contributed by atoms with E-state index in [1.54, 1.807) is 0 Å². The van der Waals surface area contributed by atoms with Crippen LogP contribution < -0.4 is 0 Å². The first-order valence-electron chi connectivity index (χ1n) is 5.65. The van der Waals surface area contributed by atoms with Crippen LogP contribution in [0, 0.1) is 40.9 Å². The molecule has 4 nitrogen and oxygen atoms in total. The minimum Gasteiger partial charge on any atom is -0.456 e. The van der Waals surface area contributed by atoms with E-state index in [0.717, 1.165) is 0 Å². The monoisotopic (exact) mass is 322 g/mol. The number of ether oxygens (including phenoxy) is 2. The van der Waals surface area contributed by atoms with Gasteiger partial charge in [0.2, 0.25) is 5.82 Å². The molecular weight excluding hydrogens is 315 g/mol. The fourth-order valence-electron chi connectivity index (χ4n) is 1.23. The average molecular weight is 322 g/mol. The number of halogens is 5. The van der Waals surface area contributed by atoms with Gasteiger partial charge in [0.15, 0.2) is 29.9 Å². The summed E-state index contributed by atoms with van der Waals surface area (Å²) in [5.41, 5.74) is -1.74. The van der Waals surface area contributed by atoms with Gasteiger partial charge in [-0.15, -0.1) is 0 Å². The first kappa shape index (κ1) is 17.4. The van der Waals surface area contributed by atoms with Crippen molar-refractivity contribution in [3.63, 3.8) is 0 Å². The standard InChI is InChI=1S/C13H7F5O4/c1-2-21-6(19)4-3-5-22-13(20)7-8(14)10(16)12(18)11(17)9(7)15/h2,5H2,1H3. The van der Waals surface area contributed by atoms with Gasteiger partial charge in [-0.05, 0) is 12.8 Å². The predicted molar refractivity (Wildman–Crippen MR) is 60.9 cm³/mol. The molecular formula is C13H7F5O4. The molecule has 118 valence electrons. The lowest BCUT2D eigenvalue weighted by atomic mass is 10.1. The molecule has 0 atom stereocenters. The third kappa shape index (κ3) is 3.72. The number of esters is 2. The van der Waals surface area contributed by atoms with Crippen molar-refractivity contribution in [3.8, 4) is 11.8 Å². The van der Waals surface area contributed by atoms with Crippen molar-refractivity contribution in [1.82, 2.24) is 0 Å². The number of hydrogen-bond acceptors (Lipinski definition) is 4. The largest absolute Gasteiger partial charge is 0.456 e. The van der Waals surface area contributed by atoms with Gasteiger partial charge in [-0.2, -0.15) is 0 Å². The Kier molecular flexibility index (Phi) is 5.86. The van der Waals surface area contributed by atoms with Crippen molar-refractivity contribution in [1.29, 1.82) is 0 Å². The first-order chi connectivity index (χ1) is 10.3. The smallest absolute Gasteiger partial charge is 0.384 e. The van der Waals surface area contributed by atoms with Gasteiger partial charge in [-0.25, -0.2) is 31.5 Å². The summed E-state index contributed by atoms with van der Waals surface area (Å²) in [4.78, 5) is 22.1. The minimum atomic E-state index is -2.39. The van der Waals surface area contributed by atoms with E-state index in [0.29, 0.717) is 0 Å². The zero-order chi connectivity index (χ0) is 16.9. The van der Waals surface area contributed by atoms with Crippen molar-refractivity contribution in [2.45, 2.75) is 6.92 Å². The van der Waals surface area contributed by atoms with Crippen LogP contribution in [0.4, 0.5) is 22.0 Å². The van der Waals surface area contributed by atoms with Crippen LogP contribution >= 0.6 is 0 Å². The van der Waals surface area contributed by atoms with Gasteiger partial charge in [-0.1, -0.05) is 0 Å². The number of carbonyl (C=O) groups excluding carboxylic acids is 2. The number of hydrogen-bond donors (Lipinski definition) is 0. The maximum atomic E-state index is 13.3. The maximum Gasteiger partial charge on any atom is 0.384 e. The fraction of sp³-hybridized carbons (Fsp3) is 0.231. The van der Waals surface area contributed by atoms with Crippen molar-refractivity contribution in [2.24, 2.45) is 0 Å². The Balaban J connectivity index is 2.90. The summed E-state index contributed by atoms with van der Waals surface area (Å²) in [6.07, 6.45) is 0. The number of rotatable bonds is 3. The summed E-state index contributed by atoms with van der Waals surface area (Å²) in [6.45, 7) is 0.762. The Bertz CT molecular complexity index is 646. The van der Waals surface area contributed by atoms with Crippen LogP contribution in [0.5, 0.6) is 0 Å². The molecule has 1 rings (SSSR count). The molecule has 0 N–H and O–H groups in total. The molecule has 9 heteroatoms. The van der Waals surface area contributed by atoms with E-state index in [9.17, 15) is 31.5 Å². The van der Waals surface area contributed by atoms with Gasteiger partial charge < -0.3 is 9.47 Å². The average Bonchev–Trinajstić information content (AvgIpc) is 2.48. The highest BCUT2D eigenvalue weighted by atomic mass is 19.2. The van der Waals surface area contributed by atoms with Crippen LogP contribution in [0.2, 0.25) is 0 Å². The van der Waals surface area contributed by atoms with Gasteiger partial charge in [0.05, 0.1) is 6.61 Å². The Labute approximate surface area is 120 Å². The van der Waals surface area contributed by atoms with Crippen LogP contribution in [0.1, 0.15) is 17.3 Å². The third-order valence-electron chi connectivity index (χ3n) is 2.16. The van der Waals surface area contributed by atoms with Crippen molar-refractivity contribution in [2.75, 3.05) is 13.2 Å². The molecule has 0 spiro atoms. The lowest BCUT2D eigenvalue weighted by Crippen LogP contribution is -2.15. The molecule has 0 aromatic heterocycles. The first-order valence-corrected chi connectivity index (χ1v) is 5.65. The Morgan fingerprint density at radius 1 is 0.909 bits per heavy atom. The lowest BCUT2D eigenvalue weighted by Gasteiger charge is -2.06. The van der Waals surface area contributed by atoms with Gasteiger partial charge in [0.25, 0.3) is 0 Å². The van der Waals surface area contributed by atoms with E-state index >= 15 is 0 Å². The van der Waals surface area contributed by atoms with Gasteiger partial charge in [0.1, 0.15) is 5.56 Å². The molecule has 0 aliphatic rings. The van der Waals surface area contributed by atoms with E-state index in [-0.39, 0.29) is 6.61 Å². The van der Waals surface area contributed by atoms with E-state index in [2.05, 4.69) is 9.47 Å². The highest BCUT2D eigenvalue weighted by Crippen LogP contribution is 2.23. The van der Waals surface area contributed by atoms with E-state index in [1.165, 1.54) is 6.92 Å². The Morgan fingerprint density at radius 3 is 1.91 bits per heavy atom. The highest BCUT2D eigenvalue weighted by molar-refractivity contribution is 5.90. The molecule has 0 saturated carbocycles. The molecule has 0 saturated heterocycles. The lowest BCUT2D eigenvalue weighted by molar-refractivity contribution is -0.136. The quantitative estimate of drug-likeness (QED) is 0.214. The fourth-order valence-corrected chi connectivity index (χ4v) is 1.23. The summed E-state index contributed by atoms with van der Waals surface area (Å²) in [6, 6.07) is 0. The van der Waals surface area contributed by atoms with Crippen LogP contribution in [-0.4, -0.2) is 25.2 Å². The van der Waals surface area contributed by atoms with Crippen LogP contribution in [0.3, 0.4) is 0 Å². The van der Waals surface area contributed by atoms with Crippen molar-refractivity contribution in [3.05, 3.63) is 34.6 Å². The topological polar surface area (TPSA) is 52.6 Å². The van der Waals surface area contributed by atoms with Crippen LogP contribution in [-0.2, 0) is 14.3 Å². The summed E-state index contributed by atoms with van der Waals surface area (Å²) < 4.78 is 73.7. The zero-order valence-electron chi connectivity index (χ0n) is 10.9.